The fourth-order valence-corrected chi connectivity index (χ4v) is 2.38. The van der Waals surface area contributed by atoms with Crippen molar-refractivity contribution in [2.75, 3.05) is 7.05 Å². The van der Waals surface area contributed by atoms with Crippen molar-refractivity contribution in [3.05, 3.63) is 0 Å². The Balaban J connectivity index is 2.66. The molecule has 0 aromatic carbocycles. The summed E-state index contributed by atoms with van der Waals surface area (Å²) in [5, 5.41) is 0. The SMILES string of the molecule is CN(C(=O)OC(C)(C)C)C(C=O)C1CCC(F)(F)CC1. The third-order valence-corrected chi connectivity index (χ3v) is 3.51. The lowest BCUT2D eigenvalue weighted by atomic mass is 9.82. The average molecular weight is 291 g/mol. The van der Waals surface area contributed by atoms with Crippen molar-refractivity contribution in [3.8, 4) is 0 Å². The first-order valence-electron chi connectivity index (χ1n) is 6.85. The Morgan fingerprint density at radius 2 is 1.85 bits per heavy atom. The van der Waals surface area contributed by atoms with E-state index in [4.69, 9.17) is 4.74 Å². The highest BCUT2D eigenvalue weighted by molar-refractivity contribution is 5.73. The molecular formula is C14H23F2NO3. The van der Waals surface area contributed by atoms with Crippen molar-refractivity contribution >= 4 is 12.4 Å². The van der Waals surface area contributed by atoms with E-state index in [1.165, 1.54) is 11.9 Å². The second-order valence-electron chi connectivity index (χ2n) is 6.41. The van der Waals surface area contributed by atoms with Crippen LogP contribution in [0.3, 0.4) is 0 Å². The maximum absolute atomic E-state index is 13.1. The quantitative estimate of drug-likeness (QED) is 0.750. The van der Waals surface area contributed by atoms with Gasteiger partial charge in [-0.2, -0.15) is 0 Å². The molecule has 0 aromatic heterocycles. The van der Waals surface area contributed by atoms with Crippen LogP contribution < -0.4 is 0 Å². The highest BCUT2D eigenvalue weighted by Crippen LogP contribution is 2.38. The van der Waals surface area contributed by atoms with Gasteiger partial charge in [-0.3, -0.25) is 0 Å². The van der Waals surface area contributed by atoms with Gasteiger partial charge in [0.2, 0.25) is 5.92 Å². The van der Waals surface area contributed by atoms with Crippen LogP contribution >= 0.6 is 0 Å². The molecule has 6 heteroatoms. The van der Waals surface area contributed by atoms with Gasteiger partial charge in [0.1, 0.15) is 11.9 Å². The first-order valence-corrected chi connectivity index (χ1v) is 6.85. The molecular weight excluding hydrogens is 268 g/mol. The number of rotatable bonds is 3. The topological polar surface area (TPSA) is 46.6 Å². The second kappa shape index (κ2) is 6.06. The predicted octanol–water partition coefficient (Wildman–Crippen LogP) is 3.25. The Morgan fingerprint density at radius 3 is 2.25 bits per heavy atom. The Hall–Kier alpha value is -1.20. The zero-order valence-electron chi connectivity index (χ0n) is 12.5. The molecule has 0 heterocycles. The van der Waals surface area contributed by atoms with Gasteiger partial charge in [0.05, 0.1) is 6.04 Å². The van der Waals surface area contributed by atoms with Gasteiger partial charge in [-0.15, -0.1) is 0 Å². The summed E-state index contributed by atoms with van der Waals surface area (Å²) in [6, 6.07) is -0.707. The molecule has 0 radical (unpaired) electrons. The van der Waals surface area contributed by atoms with Gasteiger partial charge in [-0.25, -0.2) is 13.6 Å². The Morgan fingerprint density at radius 1 is 1.35 bits per heavy atom. The molecule has 1 amide bonds. The Labute approximate surface area is 118 Å². The summed E-state index contributed by atoms with van der Waals surface area (Å²) < 4.78 is 31.5. The number of aldehydes is 1. The van der Waals surface area contributed by atoms with Gasteiger partial charge in [0.15, 0.2) is 0 Å². The third kappa shape index (κ3) is 4.72. The number of alkyl halides is 2. The van der Waals surface area contributed by atoms with Gasteiger partial charge in [0.25, 0.3) is 0 Å². The number of carbonyl (C=O) groups excluding carboxylic acids is 2. The molecule has 4 nitrogen and oxygen atoms in total. The van der Waals surface area contributed by atoms with E-state index in [2.05, 4.69) is 0 Å². The van der Waals surface area contributed by atoms with E-state index in [-0.39, 0.29) is 31.6 Å². The van der Waals surface area contributed by atoms with Crippen LogP contribution in [-0.2, 0) is 9.53 Å². The monoisotopic (exact) mass is 291 g/mol. The minimum absolute atomic E-state index is 0.232. The van der Waals surface area contributed by atoms with Crippen LogP contribution in [0.2, 0.25) is 0 Å². The summed E-state index contributed by atoms with van der Waals surface area (Å²) in [5.41, 5.74) is -0.654. The van der Waals surface area contributed by atoms with Crippen molar-refractivity contribution in [2.24, 2.45) is 5.92 Å². The van der Waals surface area contributed by atoms with E-state index < -0.39 is 23.7 Å². The summed E-state index contributed by atoms with van der Waals surface area (Å²) in [4.78, 5) is 24.4. The lowest BCUT2D eigenvalue weighted by Crippen LogP contribution is -2.46. The van der Waals surface area contributed by atoms with Crippen molar-refractivity contribution in [1.29, 1.82) is 0 Å². The van der Waals surface area contributed by atoms with Crippen LogP contribution in [0.15, 0.2) is 0 Å². The van der Waals surface area contributed by atoms with Crippen LogP contribution in [0.1, 0.15) is 46.5 Å². The third-order valence-electron chi connectivity index (χ3n) is 3.51. The number of nitrogens with zero attached hydrogens (tertiary/aromatic N) is 1. The summed E-state index contributed by atoms with van der Waals surface area (Å²) in [6.07, 6.45) is 0.0614. The Bertz CT molecular complexity index is 356. The van der Waals surface area contributed by atoms with Gasteiger partial charge >= 0.3 is 6.09 Å². The van der Waals surface area contributed by atoms with E-state index in [0.717, 1.165) is 0 Å². The molecule has 0 N–H and O–H groups in total. The number of carbonyl (C=O) groups is 2. The number of likely N-dealkylation sites (N-methyl/N-ethyl adjacent to an activating group) is 1. The number of halogens is 2. The summed E-state index contributed by atoms with van der Waals surface area (Å²) in [7, 11) is 1.47. The smallest absolute Gasteiger partial charge is 0.410 e. The first kappa shape index (κ1) is 16.9. The van der Waals surface area contributed by atoms with Gasteiger partial charge in [-0.1, -0.05) is 0 Å². The molecule has 20 heavy (non-hydrogen) atoms. The molecule has 1 atom stereocenters. The molecule has 0 aromatic rings. The highest BCUT2D eigenvalue weighted by atomic mass is 19.3. The molecule has 116 valence electrons. The summed E-state index contributed by atoms with van der Waals surface area (Å²) in [5.74, 6) is -2.88. The minimum atomic E-state index is -2.64. The number of ether oxygens (including phenoxy) is 1. The van der Waals surface area contributed by atoms with Crippen LogP contribution in [0.5, 0.6) is 0 Å². The normalized spacial score (nSPS) is 21.1. The van der Waals surface area contributed by atoms with Gasteiger partial charge in [-0.05, 0) is 39.5 Å². The van der Waals surface area contributed by atoms with Gasteiger partial charge < -0.3 is 14.4 Å². The maximum Gasteiger partial charge on any atom is 0.410 e. The van der Waals surface area contributed by atoms with Crippen molar-refractivity contribution in [2.45, 2.75) is 64.0 Å². The average Bonchev–Trinajstić information content (AvgIpc) is 2.29. The Kier molecular flexibility index (Phi) is 5.10. The molecule has 0 saturated heterocycles. The fourth-order valence-electron chi connectivity index (χ4n) is 2.38. The largest absolute Gasteiger partial charge is 0.444 e. The zero-order chi connectivity index (χ0) is 15.6. The molecule has 0 aliphatic heterocycles. The first-order chi connectivity index (χ1) is 9.06. The second-order valence-corrected chi connectivity index (χ2v) is 6.41. The van der Waals surface area contributed by atoms with E-state index in [9.17, 15) is 18.4 Å². The lowest BCUT2D eigenvalue weighted by Gasteiger charge is -2.36. The van der Waals surface area contributed by atoms with Gasteiger partial charge in [0, 0.05) is 19.9 Å². The van der Waals surface area contributed by atoms with E-state index in [1.807, 2.05) is 0 Å². The molecule has 1 aliphatic rings. The minimum Gasteiger partial charge on any atom is -0.444 e. The maximum atomic E-state index is 13.1. The molecule has 1 unspecified atom stereocenters. The van der Waals surface area contributed by atoms with Crippen molar-refractivity contribution < 1.29 is 23.1 Å². The molecule has 1 aliphatic carbocycles. The number of amides is 1. The van der Waals surface area contributed by atoms with Crippen molar-refractivity contribution in [1.82, 2.24) is 4.90 Å². The summed E-state index contributed by atoms with van der Waals surface area (Å²) in [6.45, 7) is 5.20. The standard InChI is InChI=1S/C14H23F2NO3/c1-13(2,3)20-12(19)17(4)11(9-18)10-5-7-14(15,16)8-6-10/h9-11H,5-8H2,1-4H3. The van der Waals surface area contributed by atoms with Crippen LogP contribution in [0, 0.1) is 5.92 Å². The number of hydrogen-bond donors (Lipinski definition) is 0. The molecule has 0 spiro atoms. The highest BCUT2D eigenvalue weighted by Gasteiger charge is 2.40. The fraction of sp³-hybridized carbons (Fsp3) is 0.857. The molecule has 0 bridgehead atoms. The van der Waals surface area contributed by atoms with E-state index >= 15 is 0 Å². The predicted molar refractivity (Wildman–Crippen MR) is 70.8 cm³/mol. The van der Waals surface area contributed by atoms with E-state index in [1.54, 1.807) is 20.8 Å². The van der Waals surface area contributed by atoms with Crippen molar-refractivity contribution in [3.63, 3.8) is 0 Å². The molecule has 1 fully saturated rings. The van der Waals surface area contributed by atoms with Crippen LogP contribution in [0.25, 0.3) is 0 Å². The molecule has 1 saturated carbocycles. The van der Waals surface area contributed by atoms with Crippen LogP contribution in [0.4, 0.5) is 13.6 Å². The van der Waals surface area contributed by atoms with Crippen LogP contribution in [-0.4, -0.2) is 41.9 Å². The molecule has 1 rings (SSSR count). The zero-order valence-corrected chi connectivity index (χ0v) is 12.5. The van der Waals surface area contributed by atoms with E-state index in [0.29, 0.717) is 6.29 Å². The lowest BCUT2D eigenvalue weighted by molar-refractivity contribution is -0.116. The number of hydrogen-bond acceptors (Lipinski definition) is 3. The summed E-state index contributed by atoms with van der Waals surface area (Å²) >= 11 is 0.